The summed E-state index contributed by atoms with van der Waals surface area (Å²) in [6.07, 6.45) is 1.71. The van der Waals surface area contributed by atoms with E-state index in [0.717, 1.165) is 0 Å². The maximum atomic E-state index is 10.3. The normalized spacial score (nSPS) is 8.50. The van der Waals surface area contributed by atoms with Crippen molar-refractivity contribution < 1.29 is 4.79 Å². The Morgan fingerprint density at radius 2 is 2.50 bits per heavy atom. The molecule has 0 rings (SSSR count). The van der Waals surface area contributed by atoms with Gasteiger partial charge in [-0.25, -0.2) is 10.6 Å². The van der Waals surface area contributed by atoms with Crippen LogP contribution >= 0.6 is 11.9 Å². The van der Waals surface area contributed by atoms with Crippen LogP contribution in [0.4, 0.5) is 4.79 Å². The standard InChI is InChI=1S/C4H10N4OS/c1-2-3-10-8-7-4(9)6-5/h2,8H,1,3,5H2,(H2,6,7,9). The average Bonchev–Trinajstić information content (AvgIpc) is 1.98. The van der Waals surface area contributed by atoms with Gasteiger partial charge in [0, 0.05) is 5.75 Å². The van der Waals surface area contributed by atoms with Crippen LogP contribution in [0.1, 0.15) is 0 Å². The van der Waals surface area contributed by atoms with E-state index in [9.17, 15) is 4.79 Å². The highest BCUT2D eigenvalue weighted by Crippen LogP contribution is 1.87. The Labute approximate surface area is 63.5 Å². The number of amides is 2. The third kappa shape index (κ3) is 5.42. The molecule has 0 heterocycles. The molecule has 6 heteroatoms. The first-order valence-electron chi connectivity index (χ1n) is 2.55. The third-order valence-corrected chi connectivity index (χ3v) is 1.22. The van der Waals surface area contributed by atoms with Gasteiger partial charge in [0.2, 0.25) is 0 Å². The van der Waals surface area contributed by atoms with Crippen molar-refractivity contribution in [3.63, 3.8) is 0 Å². The van der Waals surface area contributed by atoms with Crippen molar-refractivity contribution in [2.75, 3.05) is 5.75 Å². The van der Waals surface area contributed by atoms with Crippen molar-refractivity contribution in [2.45, 2.75) is 0 Å². The highest BCUT2D eigenvalue weighted by Gasteiger charge is 1.91. The number of carbonyl (C=O) groups excluding carboxylic acids is 1. The molecule has 5 N–H and O–H groups in total. The van der Waals surface area contributed by atoms with E-state index in [1.165, 1.54) is 11.9 Å². The molecule has 0 atom stereocenters. The molecule has 0 fully saturated rings. The molecule has 0 aliphatic rings. The van der Waals surface area contributed by atoms with E-state index in [4.69, 9.17) is 5.84 Å². The van der Waals surface area contributed by atoms with Crippen molar-refractivity contribution in [2.24, 2.45) is 5.84 Å². The number of nitrogens with two attached hydrogens (primary N) is 1. The highest BCUT2D eigenvalue weighted by molar-refractivity contribution is 7.97. The molecule has 0 unspecified atom stereocenters. The zero-order valence-corrected chi connectivity index (χ0v) is 6.20. The second kappa shape index (κ2) is 6.40. The molecular weight excluding hydrogens is 152 g/mol. The molecule has 0 aromatic rings. The van der Waals surface area contributed by atoms with Gasteiger partial charge in [0.05, 0.1) is 0 Å². The first-order chi connectivity index (χ1) is 4.81. The molecule has 0 aromatic heterocycles. The Morgan fingerprint density at radius 3 is 3.00 bits per heavy atom. The van der Waals surface area contributed by atoms with E-state index in [2.05, 4.69) is 16.8 Å². The summed E-state index contributed by atoms with van der Waals surface area (Å²) < 4.78 is 0. The van der Waals surface area contributed by atoms with E-state index >= 15 is 0 Å². The number of hydrazine groups is 2. The summed E-state index contributed by atoms with van der Waals surface area (Å²) >= 11 is 1.30. The number of carbonyl (C=O) groups is 1. The molecule has 0 spiro atoms. The molecule has 0 saturated heterocycles. The van der Waals surface area contributed by atoms with E-state index in [1.807, 2.05) is 5.43 Å². The topological polar surface area (TPSA) is 79.2 Å². The lowest BCUT2D eigenvalue weighted by molar-refractivity contribution is 0.240. The first kappa shape index (κ1) is 9.28. The molecule has 0 aromatic carbocycles. The number of hydrogen-bond donors (Lipinski definition) is 4. The van der Waals surface area contributed by atoms with Crippen LogP contribution in [0.2, 0.25) is 0 Å². The minimum absolute atomic E-state index is 0.475. The van der Waals surface area contributed by atoms with Gasteiger partial charge < -0.3 is 0 Å². The number of nitrogens with one attached hydrogen (secondary N) is 3. The largest absolute Gasteiger partial charge is 0.343 e. The van der Waals surface area contributed by atoms with E-state index in [0.29, 0.717) is 5.75 Å². The van der Waals surface area contributed by atoms with E-state index in [-0.39, 0.29) is 0 Å². The lowest BCUT2D eigenvalue weighted by atomic mass is 10.8. The Balaban J connectivity index is 3.03. The van der Waals surface area contributed by atoms with Crippen LogP contribution in [-0.2, 0) is 0 Å². The summed E-state index contributed by atoms with van der Waals surface area (Å²) in [5.74, 6) is 5.47. The SMILES string of the molecule is C=CCSNNC(=O)NN. The summed E-state index contributed by atoms with van der Waals surface area (Å²) in [6, 6.07) is -0.475. The fraction of sp³-hybridized carbons (Fsp3) is 0.250. The maximum Gasteiger partial charge on any atom is 0.343 e. The Morgan fingerprint density at radius 1 is 1.80 bits per heavy atom. The Bertz CT molecular complexity index is 118. The van der Waals surface area contributed by atoms with Gasteiger partial charge in [0.25, 0.3) is 0 Å². The molecule has 58 valence electrons. The van der Waals surface area contributed by atoms with Gasteiger partial charge in [-0.1, -0.05) is 18.0 Å². The minimum Gasteiger partial charge on any atom is -0.275 e. The molecule has 2 amide bonds. The maximum absolute atomic E-state index is 10.3. The zero-order valence-electron chi connectivity index (χ0n) is 5.39. The molecule has 0 aliphatic heterocycles. The molecule has 0 saturated carbocycles. The van der Waals surface area contributed by atoms with Crippen LogP contribution in [0.5, 0.6) is 0 Å². The summed E-state index contributed by atoms with van der Waals surface area (Å²) in [5, 5.41) is 0. The fourth-order valence-corrected chi connectivity index (χ4v) is 0.585. The number of rotatable bonds is 4. The van der Waals surface area contributed by atoms with Gasteiger partial charge in [-0.3, -0.25) is 10.9 Å². The molecule has 0 aliphatic carbocycles. The molecule has 0 radical (unpaired) electrons. The minimum atomic E-state index is -0.475. The molecule has 0 bridgehead atoms. The van der Waals surface area contributed by atoms with Gasteiger partial charge >= 0.3 is 6.03 Å². The van der Waals surface area contributed by atoms with Gasteiger partial charge in [0.1, 0.15) is 0 Å². The van der Waals surface area contributed by atoms with Gasteiger partial charge in [-0.05, 0) is 0 Å². The highest BCUT2D eigenvalue weighted by atomic mass is 32.2. The Kier molecular flexibility index (Phi) is 5.94. The van der Waals surface area contributed by atoms with Gasteiger partial charge in [-0.2, -0.15) is 4.83 Å². The van der Waals surface area contributed by atoms with Crippen LogP contribution in [0, 0.1) is 0 Å². The predicted octanol–water partition coefficient (Wildman–Crippen LogP) is -0.502. The van der Waals surface area contributed by atoms with Crippen LogP contribution in [0.25, 0.3) is 0 Å². The fourth-order valence-electron chi connectivity index (χ4n) is 0.219. The summed E-state index contributed by atoms with van der Waals surface area (Å²) in [4.78, 5) is 12.9. The summed E-state index contributed by atoms with van der Waals surface area (Å²) in [7, 11) is 0. The number of hydrogen-bond acceptors (Lipinski definition) is 4. The van der Waals surface area contributed by atoms with E-state index < -0.39 is 6.03 Å². The lowest BCUT2D eigenvalue weighted by Gasteiger charge is -2.02. The third-order valence-electron chi connectivity index (χ3n) is 0.569. The zero-order chi connectivity index (χ0) is 7.82. The van der Waals surface area contributed by atoms with Crippen molar-refractivity contribution in [3.05, 3.63) is 12.7 Å². The van der Waals surface area contributed by atoms with Crippen LogP contribution in [0.3, 0.4) is 0 Å². The summed E-state index contributed by atoms with van der Waals surface area (Å²) in [6.45, 7) is 3.48. The van der Waals surface area contributed by atoms with Crippen LogP contribution in [-0.4, -0.2) is 11.8 Å². The summed E-state index contributed by atoms with van der Waals surface area (Å²) in [5.41, 5.74) is 4.15. The van der Waals surface area contributed by atoms with Gasteiger partial charge in [0.15, 0.2) is 0 Å². The lowest BCUT2D eigenvalue weighted by Crippen LogP contribution is -2.44. The Hall–Kier alpha value is -0.720. The second-order valence-electron chi connectivity index (χ2n) is 1.30. The number of urea groups is 1. The van der Waals surface area contributed by atoms with Crippen molar-refractivity contribution in [1.82, 2.24) is 15.7 Å². The van der Waals surface area contributed by atoms with Crippen molar-refractivity contribution >= 4 is 18.0 Å². The van der Waals surface area contributed by atoms with Crippen LogP contribution in [0.15, 0.2) is 12.7 Å². The predicted molar refractivity (Wildman–Crippen MR) is 41.6 cm³/mol. The van der Waals surface area contributed by atoms with Crippen molar-refractivity contribution in [1.29, 1.82) is 0 Å². The molecule has 5 nitrogen and oxygen atoms in total. The first-order valence-corrected chi connectivity index (χ1v) is 3.54. The monoisotopic (exact) mass is 162 g/mol. The van der Waals surface area contributed by atoms with Gasteiger partial charge in [-0.15, -0.1) is 6.58 Å². The van der Waals surface area contributed by atoms with Crippen LogP contribution < -0.4 is 21.5 Å². The van der Waals surface area contributed by atoms with Crippen molar-refractivity contribution in [3.8, 4) is 0 Å². The quantitative estimate of drug-likeness (QED) is 0.112. The second-order valence-corrected chi connectivity index (χ2v) is 2.13. The molecule has 10 heavy (non-hydrogen) atoms. The smallest absolute Gasteiger partial charge is 0.275 e. The average molecular weight is 162 g/mol. The van der Waals surface area contributed by atoms with E-state index in [1.54, 1.807) is 6.08 Å². The molecular formula is C4H10N4OS.